The zero-order chi connectivity index (χ0) is 15.5. The van der Waals surface area contributed by atoms with E-state index < -0.39 is 22.2 Å². The van der Waals surface area contributed by atoms with Crippen LogP contribution in [0.3, 0.4) is 0 Å². The molecule has 2 N–H and O–H groups in total. The van der Waals surface area contributed by atoms with Crippen LogP contribution in [-0.2, 0) is 21.4 Å². The number of nitrogens with zero attached hydrogens (tertiary/aromatic N) is 1. The molecule has 1 heterocycles. The maximum Gasteiger partial charge on any atom is 0.322 e. The van der Waals surface area contributed by atoms with Gasteiger partial charge < -0.3 is 5.11 Å². The number of anilines is 1. The smallest absolute Gasteiger partial charge is 0.322 e. The standard InChI is InChI=1S/C14H20N2O4S/c1-2-11-7-3-4-8-12(11)15-21(19,20)16-10-6-5-9-13(16)14(17)18/h3-4,7-8,13,15H,2,5-6,9-10H2,1H3,(H,17,18). The number of carboxylic acid groups (broad SMARTS) is 1. The van der Waals surface area contributed by atoms with E-state index in [1.54, 1.807) is 12.1 Å². The molecule has 0 saturated carbocycles. The van der Waals surface area contributed by atoms with Gasteiger partial charge in [0.25, 0.3) is 0 Å². The van der Waals surface area contributed by atoms with Crippen LogP contribution in [0.4, 0.5) is 5.69 Å². The monoisotopic (exact) mass is 312 g/mol. The topological polar surface area (TPSA) is 86.7 Å². The molecule has 0 aromatic heterocycles. The molecule has 7 heteroatoms. The molecule has 1 unspecified atom stereocenters. The highest BCUT2D eigenvalue weighted by molar-refractivity contribution is 7.90. The first-order valence-corrected chi connectivity index (χ1v) is 8.50. The lowest BCUT2D eigenvalue weighted by molar-refractivity contribution is -0.142. The number of piperidine rings is 1. The molecule has 0 amide bonds. The van der Waals surface area contributed by atoms with Crippen molar-refractivity contribution < 1.29 is 18.3 Å². The molecule has 0 aliphatic carbocycles. The molecule has 116 valence electrons. The van der Waals surface area contributed by atoms with Gasteiger partial charge >= 0.3 is 16.2 Å². The number of aliphatic carboxylic acids is 1. The van der Waals surface area contributed by atoms with Crippen LogP contribution in [0, 0.1) is 0 Å². The molecule has 0 spiro atoms. The second-order valence-electron chi connectivity index (χ2n) is 5.08. The first-order chi connectivity index (χ1) is 9.95. The first-order valence-electron chi connectivity index (χ1n) is 7.06. The Bertz CT molecular complexity index is 615. The highest BCUT2D eigenvalue weighted by Crippen LogP contribution is 2.24. The fourth-order valence-corrected chi connectivity index (χ4v) is 4.06. The largest absolute Gasteiger partial charge is 0.480 e. The Hall–Kier alpha value is -1.60. The Morgan fingerprint density at radius 1 is 1.38 bits per heavy atom. The van der Waals surface area contributed by atoms with Gasteiger partial charge in [-0.1, -0.05) is 25.1 Å². The van der Waals surface area contributed by atoms with Gasteiger partial charge in [0.2, 0.25) is 0 Å². The summed E-state index contributed by atoms with van der Waals surface area (Å²) in [5.41, 5.74) is 1.39. The van der Waals surface area contributed by atoms with E-state index in [1.807, 2.05) is 19.1 Å². The summed E-state index contributed by atoms with van der Waals surface area (Å²) in [4.78, 5) is 11.3. The van der Waals surface area contributed by atoms with Crippen molar-refractivity contribution in [3.63, 3.8) is 0 Å². The van der Waals surface area contributed by atoms with Gasteiger partial charge in [0.05, 0.1) is 5.69 Å². The summed E-state index contributed by atoms with van der Waals surface area (Å²) in [6, 6.07) is 6.16. The van der Waals surface area contributed by atoms with Crippen LogP contribution in [0.2, 0.25) is 0 Å². The molecular weight excluding hydrogens is 292 g/mol. The third-order valence-corrected chi connectivity index (χ3v) is 5.22. The van der Waals surface area contributed by atoms with Crippen molar-refractivity contribution in [1.82, 2.24) is 4.31 Å². The summed E-state index contributed by atoms with van der Waals surface area (Å²) >= 11 is 0. The number of aryl methyl sites for hydroxylation is 1. The van der Waals surface area contributed by atoms with Crippen LogP contribution in [0.1, 0.15) is 31.7 Å². The van der Waals surface area contributed by atoms with E-state index in [1.165, 1.54) is 0 Å². The number of carboxylic acids is 1. The quantitative estimate of drug-likeness (QED) is 0.868. The second kappa shape index (κ2) is 6.44. The van der Waals surface area contributed by atoms with Crippen LogP contribution >= 0.6 is 0 Å². The van der Waals surface area contributed by atoms with Gasteiger partial charge in [0, 0.05) is 6.54 Å². The Morgan fingerprint density at radius 3 is 2.76 bits per heavy atom. The van der Waals surface area contributed by atoms with Gasteiger partial charge in [-0.05, 0) is 37.3 Å². The third kappa shape index (κ3) is 3.54. The van der Waals surface area contributed by atoms with Crippen LogP contribution < -0.4 is 4.72 Å². The normalized spacial score (nSPS) is 20.1. The first kappa shape index (κ1) is 15.8. The van der Waals surface area contributed by atoms with Crippen molar-refractivity contribution in [2.24, 2.45) is 0 Å². The summed E-state index contributed by atoms with van der Waals surface area (Å²) in [5, 5.41) is 9.20. The van der Waals surface area contributed by atoms with Gasteiger partial charge in [-0.25, -0.2) is 0 Å². The Labute approximate surface area is 125 Å². The van der Waals surface area contributed by atoms with Crippen molar-refractivity contribution in [2.75, 3.05) is 11.3 Å². The van der Waals surface area contributed by atoms with Crippen molar-refractivity contribution >= 4 is 21.9 Å². The van der Waals surface area contributed by atoms with Crippen LogP contribution in [0.25, 0.3) is 0 Å². The zero-order valence-electron chi connectivity index (χ0n) is 11.9. The average Bonchev–Trinajstić information content (AvgIpc) is 2.47. The lowest BCUT2D eigenvalue weighted by Gasteiger charge is -2.32. The van der Waals surface area contributed by atoms with Gasteiger partial charge in [0.1, 0.15) is 6.04 Å². The molecule has 0 radical (unpaired) electrons. The molecule has 1 aromatic rings. The molecule has 1 fully saturated rings. The minimum atomic E-state index is -3.86. The molecule has 1 aromatic carbocycles. The van der Waals surface area contributed by atoms with Gasteiger partial charge in [-0.3, -0.25) is 9.52 Å². The van der Waals surface area contributed by atoms with E-state index >= 15 is 0 Å². The molecule has 1 atom stereocenters. The van der Waals surface area contributed by atoms with Crippen LogP contribution in [0.5, 0.6) is 0 Å². The fraction of sp³-hybridized carbons (Fsp3) is 0.500. The zero-order valence-corrected chi connectivity index (χ0v) is 12.8. The maximum absolute atomic E-state index is 12.5. The average molecular weight is 312 g/mol. The summed E-state index contributed by atoms with van der Waals surface area (Å²) in [7, 11) is -3.86. The molecule has 6 nitrogen and oxygen atoms in total. The predicted molar refractivity (Wildman–Crippen MR) is 80.3 cm³/mol. The minimum absolute atomic E-state index is 0.237. The number of rotatable bonds is 5. The van der Waals surface area contributed by atoms with Gasteiger partial charge in [-0.15, -0.1) is 0 Å². The molecule has 1 aliphatic heterocycles. The molecule has 2 rings (SSSR count). The van der Waals surface area contributed by atoms with Gasteiger partial charge in [-0.2, -0.15) is 12.7 Å². The molecule has 21 heavy (non-hydrogen) atoms. The van der Waals surface area contributed by atoms with Crippen molar-refractivity contribution in [1.29, 1.82) is 0 Å². The molecule has 0 bridgehead atoms. The SMILES string of the molecule is CCc1ccccc1NS(=O)(=O)N1CCCCC1C(=O)O. The van der Waals surface area contributed by atoms with E-state index in [-0.39, 0.29) is 6.54 Å². The predicted octanol–water partition coefficient (Wildman–Crippen LogP) is 1.84. The van der Waals surface area contributed by atoms with E-state index in [0.29, 0.717) is 24.9 Å². The maximum atomic E-state index is 12.5. The summed E-state index contributed by atoms with van der Waals surface area (Å²) < 4.78 is 28.6. The molecule has 1 saturated heterocycles. The number of hydrogen-bond acceptors (Lipinski definition) is 3. The number of benzene rings is 1. The fourth-order valence-electron chi connectivity index (χ4n) is 2.57. The van der Waals surface area contributed by atoms with Crippen molar-refractivity contribution in [2.45, 2.75) is 38.6 Å². The number of nitrogens with one attached hydrogen (secondary N) is 1. The lowest BCUT2D eigenvalue weighted by Crippen LogP contribution is -2.50. The number of hydrogen-bond donors (Lipinski definition) is 2. The number of carbonyl (C=O) groups is 1. The van der Waals surface area contributed by atoms with Crippen molar-refractivity contribution in [3.8, 4) is 0 Å². The van der Waals surface area contributed by atoms with Crippen LogP contribution in [0.15, 0.2) is 24.3 Å². The number of para-hydroxylation sites is 1. The summed E-state index contributed by atoms with van der Waals surface area (Å²) in [6.45, 7) is 2.18. The van der Waals surface area contributed by atoms with Crippen LogP contribution in [-0.4, -0.2) is 36.4 Å². The Balaban J connectivity index is 2.26. The Kier molecular flexibility index (Phi) is 4.84. The van der Waals surface area contributed by atoms with E-state index in [0.717, 1.165) is 16.3 Å². The highest BCUT2D eigenvalue weighted by atomic mass is 32.2. The summed E-state index contributed by atoms with van der Waals surface area (Å²) in [5.74, 6) is -1.09. The Morgan fingerprint density at radius 2 is 2.10 bits per heavy atom. The van der Waals surface area contributed by atoms with E-state index in [2.05, 4.69) is 4.72 Å². The molecular formula is C14H20N2O4S. The summed E-state index contributed by atoms with van der Waals surface area (Å²) in [6.07, 6.45) is 2.46. The third-order valence-electron chi connectivity index (χ3n) is 3.68. The second-order valence-corrected chi connectivity index (χ2v) is 6.70. The molecule has 1 aliphatic rings. The van der Waals surface area contributed by atoms with E-state index in [4.69, 9.17) is 0 Å². The lowest BCUT2D eigenvalue weighted by atomic mass is 10.1. The van der Waals surface area contributed by atoms with Gasteiger partial charge in [0.15, 0.2) is 0 Å². The van der Waals surface area contributed by atoms with Crippen molar-refractivity contribution in [3.05, 3.63) is 29.8 Å². The van der Waals surface area contributed by atoms with E-state index in [9.17, 15) is 18.3 Å². The minimum Gasteiger partial charge on any atom is -0.480 e. The highest BCUT2D eigenvalue weighted by Gasteiger charge is 2.36.